The Bertz CT molecular complexity index is 410. The maximum Gasteiger partial charge on any atom is 0.438 e. The van der Waals surface area contributed by atoms with E-state index in [9.17, 15) is 48.1 Å². The highest BCUT2D eigenvalue weighted by molar-refractivity contribution is 7.86. The van der Waals surface area contributed by atoms with Crippen LogP contribution in [0.5, 0.6) is 0 Å². The minimum absolute atomic E-state index is 0.646. The van der Waals surface area contributed by atoms with E-state index < -0.39 is 40.4 Å². The Hall–Kier alpha value is -0.690. The minimum Gasteiger partial charge on any atom is -0.743 e. The molecule has 0 aromatic heterocycles. The normalized spacial score (nSPS) is 15.9. The van der Waals surface area contributed by atoms with Crippen molar-refractivity contribution in [3.8, 4) is 0 Å². The fourth-order valence-corrected chi connectivity index (χ4v) is 0.788. The fourth-order valence-electron chi connectivity index (χ4n) is 0.456. The highest BCUT2D eigenvalue weighted by Crippen LogP contribution is 2.46. The maximum absolute atomic E-state index is 12.4. The van der Waals surface area contributed by atoms with Gasteiger partial charge in [0, 0.05) is 6.92 Å². The third-order valence-electron chi connectivity index (χ3n) is 1.42. The third-order valence-corrected chi connectivity index (χ3v) is 2.29. The highest BCUT2D eigenvalue weighted by atomic mass is 32.2. The smallest absolute Gasteiger partial charge is 0.438 e. The van der Waals surface area contributed by atoms with Crippen LogP contribution in [0.4, 0.5) is 35.1 Å². The molecule has 0 aromatic carbocycles. The van der Waals surface area contributed by atoms with Gasteiger partial charge in [-0.1, -0.05) is 0 Å². The van der Waals surface area contributed by atoms with Gasteiger partial charge in [-0.3, -0.25) is 0 Å². The highest BCUT2D eigenvalue weighted by Gasteiger charge is 2.70. The molecular formula is C5H3F8O4S-. The second-order valence-corrected chi connectivity index (χ2v) is 4.42. The molecular weight excluding hydrogens is 308 g/mol. The summed E-state index contributed by atoms with van der Waals surface area (Å²) < 4.78 is 129. The van der Waals surface area contributed by atoms with Crippen molar-refractivity contribution >= 4 is 10.1 Å². The van der Waals surface area contributed by atoms with E-state index in [2.05, 4.69) is 0 Å². The van der Waals surface area contributed by atoms with E-state index in [0.29, 0.717) is 0 Å². The molecule has 13 heteroatoms. The van der Waals surface area contributed by atoms with E-state index in [4.69, 9.17) is 0 Å². The zero-order chi connectivity index (χ0) is 15.2. The molecule has 18 heavy (non-hydrogen) atoms. The van der Waals surface area contributed by atoms with E-state index in [-0.39, 0.29) is 0 Å². The summed E-state index contributed by atoms with van der Waals surface area (Å²) in [5.41, 5.74) is 0. The van der Waals surface area contributed by atoms with Crippen molar-refractivity contribution in [3.63, 3.8) is 0 Å². The Labute approximate surface area is 94.3 Å². The van der Waals surface area contributed by atoms with Gasteiger partial charge in [0.05, 0.1) is 0 Å². The van der Waals surface area contributed by atoms with Crippen LogP contribution in [0.2, 0.25) is 0 Å². The quantitative estimate of drug-likeness (QED) is 0.575. The van der Waals surface area contributed by atoms with Gasteiger partial charge in [-0.2, -0.15) is 35.1 Å². The number of rotatable bonds is 5. The van der Waals surface area contributed by atoms with Gasteiger partial charge in [-0.05, 0) is 0 Å². The third kappa shape index (κ3) is 3.00. The first-order valence-electron chi connectivity index (χ1n) is 3.62. The molecule has 0 amide bonds. The van der Waals surface area contributed by atoms with Crippen LogP contribution in [0.1, 0.15) is 6.92 Å². The zero-order valence-corrected chi connectivity index (χ0v) is 8.88. The lowest BCUT2D eigenvalue weighted by Crippen LogP contribution is -2.55. The number of halogens is 8. The van der Waals surface area contributed by atoms with Gasteiger partial charge in [0.1, 0.15) is 0 Å². The van der Waals surface area contributed by atoms with Crippen molar-refractivity contribution in [2.45, 2.75) is 30.3 Å². The van der Waals surface area contributed by atoms with Crippen LogP contribution in [0, 0.1) is 0 Å². The van der Waals surface area contributed by atoms with Crippen LogP contribution in [0.25, 0.3) is 0 Å². The van der Waals surface area contributed by atoms with Gasteiger partial charge in [-0.25, -0.2) is 13.2 Å². The predicted octanol–water partition coefficient (Wildman–Crippen LogP) is 1.98. The van der Waals surface area contributed by atoms with Crippen molar-refractivity contribution in [2.75, 3.05) is 0 Å². The van der Waals surface area contributed by atoms with Crippen molar-refractivity contribution in [1.29, 1.82) is 0 Å². The molecule has 0 saturated carbocycles. The molecule has 0 rings (SSSR count). The average Bonchev–Trinajstić information content (AvgIpc) is 1.96. The molecule has 110 valence electrons. The zero-order valence-electron chi connectivity index (χ0n) is 8.06. The molecule has 0 fully saturated rings. The van der Waals surface area contributed by atoms with E-state index in [0.717, 1.165) is 0 Å². The predicted molar refractivity (Wildman–Crippen MR) is 36.2 cm³/mol. The van der Waals surface area contributed by atoms with Gasteiger partial charge < -0.3 is 4.55 Å². The van der Waals surface area contributed by atoms with Gasteiger partial charge in [0.2, 0.25) is 0 Å². The Morgan fingerprint density at radius 1 is 0.889 bits per heavy atom. The molecule has 0 aliphatic rings. The molecule has 0 unspecified atom stereocenters. The molecule has 0 atom stereocenters. The molecule has 0 saturated heterocycles. The summed E-state index contributed by atoms with van der Waals surface area (Å²) in [6, 6.07) is 0. The molecule has 0 spiro atoms. The number of ether oxygens (including phenoxy) is 1. The van der Waals surface area contributed by atoms with Crippen LogP contribution in [0.15, 0.2) is 0 Å². The van der Waals surface area contributed by atoms with Crippen molar-refractivity contribution in [1.82, 2.24) is 0 Å². The Morgan fingerprint density at radius 3 is 1.44 bits per heavy atom. The number of hydrogen-bond donors (Lipinski definition) is 0. The first-order chi connectivity index (χ1) is 7.46. The molecule has 4 nitrogen and oxygen atoms in total. The maximum atomic E-state index is 12.4. The van der Waals surface area contributed by atoms with Gasteiger partial charge in [0.25, 0.3) is 0 Å². The Morgan fingerprint density at radius 2 is 1.22 bits per heavy atom. The molecule has 0 radical (unpaired) electrons. The van der Waals surface area contributed by atoms with Crippen LogP contribution in [-0.4, -0.2) is 36.4 Å². The molecule has 0 heterocycles. The molecule has 0 N–H and O–H groups in total. The van der Waals surface area contributed by atoms with Crippen molar-refractivity contribution < 1.29 is 52.8 Å². The first-order valence-corrected chi connectivity index (χ1v) is 5.03. The lowest BCUT2D eigenvalue weighted by molar-refractivity contribution is -0.453. The lowest BCUT2D eigenvalue weighted by Gasteiger charge is -2.32. The molecule has 0 aliphatic heterocycles. The van der Waals surface area contributed by atoms with E-state index in [1.807, 2.05) is 4.74 Å². The van der Waals surface area contributed by atoms with E-state index in [1.54, 1.807) is 0 Å². The Kier molecular flexibility index (Phi) is 4.00. The summed E-state index contributed by atoms with van der Waals surface area (Å²) in [6.07, 6.45) is -12.8. The fraction of sp³-hybridized carbons (Fsp3) is 1.00. The van der Waals surface area contributed by atoms with Gasteiger partial charge in [0.15, 0.2) is 10.1 Å². The van der Waals surface area contributed by atoms with E-state index >= 15 is 0 Å². The summed E-state index contributed by atoms with van der Waals surface area (Å²) in [7, 11) is -7.11. The molecule has 0 aliphatic carbocycles. The van der Waals surface area contributed by atoms with Crippen molar-refractivity contribution in [2.24, 2.45) is 0 Å². The minimum atomic E-state index is -7.11. The SMILES string of the molecule is CC(F)(F)C(F)(F)OC(F)(F)C(F)(F)S(=O)(=O)[O-]. The summed E-state index contributed by atoms with van der Waals surface area (Å²) in [4.78, 5) is 0. The van der Waals surface area contributed by atoms with Gasteiger partial charge in [-0.15, -0.1) is 0 Å². The largest absolute Gasteiger partial charge is 0.743 e. The summed E-state index contributed by atoms with van der Waals surface area (Å²) in [5.74, 6) is -5.32. The molecule has 0 aromatic rings. The summed E-state index contributed by atoms with van der Waals surface area (Å²) in [6.45, 7) is -0.646. The second-order valence-electron chi connectivity index (χ2n) is 2.99. The van der Waals surface area contributed by atoms with Crippen LogP contribution >= 0.6 is 0 Å². The average molecular weight is 311 g/mol. The van der Waals surface area contributed by atoms with Crippen LogP contribution < -0.4 is 0 Å². The monoisotopic (exact) mass is 311 g/mol. The summed E-state index contributed by atoms with van der Waals surface area (Å²) >= 11 is 0. The van der Waals surface area contributed by atoms with Crippen LogP contribution in [-0.2, 0) is 14.9 Å². The first kappa shape index (κ1) is 17.3. The number of alkyl halides is 8. The summed E-state index contributed by atoms with van der Waals surface area (Å²) in [5, 5.41) is -6.64. The van der Waals surface area contributed by atoms with Crippen molar-refractivity contribution in [3.05, 3.63) is 0 Å². The topological polar surface area (TPSA) is 66.4 Å². The lowest BCUT2D eigenvalue weighted by atomic mass is 10.3. The van der Waals surface area contributed by atoms with Gasteiger partial charge >= 0.3 is 23.4 Å². The van der Waals surface area contributed by atoms with E-state index in [1.165, 1.54) is 0 Å². The standard InChI is InChI=1S/C5H4F8O4S/c1-2(6,7)3(8,9)17-4(10,11)5(12,13)18(14,15)16/h1H3,(H,14,15,16)/p-1. The second kappa shape index (κ2) is 4.16. The Balaban J connectivity index is 5.47. The van der Waals surface area contributed by atoms with Crippen LogP contribution in [0.3, 0.4) is 0 Å². The molecule has 0 bridgehead atoms. The number of hydrogen-bond acceptors (Lipinski definition) is 4.